The standard InChI is InChI=1S/C38H24O3/c1-21-15-37-31(25-7-3-5-9-33(25)40-37)19-27(21)23-11-13-35-29(17-23)30-18-24(12-14-36(30)39-35)28-20-32-26-8-4-6-10-34(26)41-38(32)16-22(28)2/h3-20H,1-2H3. The van der Waals surface area contributed by atoms with Crippen molar-refractivity contribution in [3.8, 4) is 22.3 Å². The van der Waals surface area contributed by atoms with Gasteiger partial charge in [-0.2, -0.15) is 0 Å². The zero-order valence-electron chi connectivity index (χ0n) is 22.6. The number of aryl methyl sites for hydroxylation is 2. The van der Waals surface area contributed by atoms with Crippen LogP contribution in [0, 0.1) is 13.8 Å². The van der Waals surface area contributed by atoms with Crippen LogP contribution in [0.3, 0.4) is 0 Å². The third kappa shape index (κ3) is 3.26. The Morgan fingerprint density at radius 2 is 0.732 bits per heavy atom. The number of furan rings is 3. The summed E-state index contributed by atoms with van der Waals surface area (Å²) in [5.41, 5.74) is 12.5. The molecule has 3 heterocycles. The van der Waals surface area contributed by atoms with Crippen LogP contribution in [0.15, 0.2) is 122 Å². The van der Waals surface area contributed by atoms with Crippen LogP contribution in [0.4, 0.5) is 0 Å². The predicted octanol–water partition coefficient (Wildman–Crippen LogP) is 11.3. The molecule has 3 aromatic heterocycles. The van der Waals surface area contributed by atoms with Crippen LogP contribution in [0.25, 0.3) is 88.1 Å². The maximum atomic E-state index is 6.30. The molecule has 9 rings (SSSR count). The van der Waals surface area contributed by atoms with Crippen molar-refractivity contribution in [3.63, 3.8) is 0 Å². The van der Waals surface area contributed by atoms with Crippen molar-refractivity contribution in [1.29, 1.82) is 0 Å². The van der Waals surface area contributed by atoms with Gasteiger partial charge in [-0.1, -0.05) is 48.5 Å². The van der Waals surface area contributed by atoms with Crippen LogP contribution in [0.2, 0.25) is 0 Å². The first kappa shape index (κ1) is 22.5. The van der Waals surface area contributed by atoms with Gasteiger partial charge in [0.2, 0.25) is 0 Å². The van der Waals surface area contributed by atoms with Crippen molar-refractivity contribution < 1.29 is 13.3 Å². The molecule has 0 amide bonds. The molecule has 41 heavy (non-hydrogen) atoms. The highest BCUT2D eigenvalue weighted by Gasteiger charge is 2.16. The van der Waals surface area contributed by atoms with Gasteiger partial charge in [-0.05, 0) is 108 Å². The Kier molecular flexibility index (Phi) is 4.46. The number of para-hydroxylation sites is 2. The van der Waals surface area contributed by atoms with Gasteiger partial charge in [0.1, 0.15) is 33.5 Å². The van der Waals surface area contributed by atoms with E-state index < -0.39 is 0 Å². The molecule has 0 aliphatic heterocycles. The van der Waals surface area contributed by atoms with E-state index >= 15 is 0 Å². The smallest absolute Gasteiger partial charge is 0.135 e. The Hall–Kier alpha value is -5.28. The first-order valence-electron chi connectivity index (χ1n) is 13.9. The maximum absolute atomic E-state index is 6.30. The minimum atomic E-state index is 0.890. The van der Waals surface area contributed by atoms with Crippen LogP contribution in [0.5, 0.6) is 0 Å². The molecule has 3 nitrogen and oxygen atoms in total. The minimum absolute atomic E-state index is 0.890. The van der Waals surface area contributed by atoms with Gasteiger partial charge in [-0.15, -0.1) is 0 Å². The zero-order chi connectivity index (χ0) is 27.2. The highest BCUT2D eigenvalue weighted by molar-refractivity contribution is 6.11. The number of rotatable bonds is 2. The summed E-state index contributed by atoms with van der Waals surface area (Å²) in [6.07, 6.45) is 0. The zero-order valence-corrected chi connectivity index (χ0v) is 22.6. The molecule has 0 spiro atoms. The number of hydrogen-bond acceptors (Lipinski definition) is 3. The summed E-state index contributed by atoms with van der Waals surface area (Å²) < 4.78 is 18.6. The molecule has 6 aromatic carbocycles. The summed E-state index contributed by atoms with van der Waals surface area (Å²) in [6.45, 7) is 4.30. The molecule has 0 bridgehead atoms. The van der Waals surface area contributed by atoms with Gasteiger partial charge in [0.15, 0.2) is 0 Å². The fourth-order valence-electron chi connectivity index (χ4n) is 6.48. The van der Waals surface area contributed by atoms with Gasteiger partial charge in [0, 0.05) is 32.3 Å². The lowest BCUT2D eigenvalue weighted by Crippen LogP contribution is -1.84. The molecule has 0 aliphatic rings. The van der Waals surface area contributed by atoms with Gasteiger partial charge in [0.05, 0.1) is 0 Å². The van der Waals surface area contributed by atoms with Crippen LogP contribution in [0.1, 0.15) is 11.1 Å². The number of benzene rings is 6. The lowest BCUT2D eigenvalue weighted by Gasteiger charge is -2.08. The van der Waals surface area contributed by atoms with Gasteiger partial charge < -0.3 is 13.3 Å². The second-order valence-corrected chi connectivity index (χ2v) is 11.0. The molecule has 0 N–H and O–H groups in total. The predicted molar refractivity (Wildman–Crippen MR) is 169 cm³/mol. The highest BCUT2D eigenvalue weighted by atomic mass is 16.3. The van der Waals surface area contributed by atoms with Gasteiger partial charge in [-0.3, -0.25) is 0 Å². The molecule has 0 saturated heterocycles. The van der Waals surface area contributed by atoms with E-state index in [0.717, 1.165) is 76.9 Å². The SMILES string of the molecule is Cc1cc2oc3ccccc3c2cc1-c1ccc2oc3ccc(-c4cc5c(cc4C)oc4ccccc45)cc3c2c1. The van der Waals surface area contributed by atoms with Gasteiger partial charge >= 0.3 is 0 Å². The van der Waals surface area contributed by atoms with Crippen molar-refractivity contribution in [2.24, 2.45) is 0 Å². The molecular weight excluding hydrogens is 504 g/mol. The summed E-state index contributed by atoms with van der Waals surface area (Å²) in [5, 5.41) is 6.78. The monoisotopic (exact) mass is 528 g/mol. The fraction of sp³-hybridized carbons (Fsp3) is 0.0526. The Balaban J connectivity index is 1.23. The van der Waals surface area contributed by atoms with Crippen molar-refractivity contribution in [1.82, 2.24) is 0 Å². The normalized spacial score (nSPS) is 12.1. The molecule has 0 radical (unpaired) electrons. The Bertz CT molecular complexity index is 2330. The molecule has 3 heteroatoms. The van der Waals surface area contributed by atoms with Crippen LogP contribution in [-0.2, 0) is 0 Å². The van der Waals surface area contributed by atoms with Crippen molar-refractivity contribution in [2.75, 3.05) is 0 Å². The van der Waals surface area contributed by atoms with Crippen LogP contribution >= 0.6 is 0 Å². The summed E-state index contributed by atoms with van der Waals surface area (Å²) in [7, 11) is 0. The lowest BCUT2D eigenvalue weighted by atomic mass is 9.95. The van der Waals surface area contributed by atoms with E-state index in [2.05, 4.69) is 98.8 Å². The molecule has 0 unspecified atom stereocenters. The third-order valence-corrected chi connectivity index (χ3v) is 8.54. The quantitative estimate of drug-likeness (QED) is 0.224. The van der Waals surface area contributed by atoms with E-state index in [1.807, 2.05) is 24.3 Å². The number of fused-ring (bicyclic) bond motifs is 9. The Morgan fingerprint density at radius 1 is 0.341 bits per heavy atom. The van der Waals surface area contributed by atoms with E-state index in [1.165, 1.54) is 22.3 Å². The fourth-order valence-corrected chi connectivity index (χ4v) is 6.48. The van der Waals surface area contributed by atoms with E-state index in [0.29, 0.717) is 0 Å². The second-order valence-electron chi connectivity index (χ2n) is 11.0. The summed E-state index contributed by atoms with van der Waals surface area (Å²) in [4.78, 5) is 0. The molecule has 0 aliphatic carbocycles. The summed E-state index contributed by atoms with van der Waals surface area (Å²) in [5.74, 6) is 0. The average Bonchev–Trinajstić information content (AvgIpc) is 3.65. The van der Waals surface area contributed by atoms with E-state index in [1.54, 1.807) is 0 Å². The topological polar surface area (TPSA) is 39.4 Å². The lowest BCUT2D eigenvalue weighted by molar-refractivity contribution is 0.668. The Morgan fingerprint density at radius 3 is 1.22 bits per heavy atom. The molecule has 194 valence electrons. The van der Waals surface area contributed by atoms with Crippen molar-refractivity contribution in [3.05, 3.63) is 120 Å². The largest absolute Gasteiger partial charge is 0.456 e. The highest BCUT2D eigenvalue weighted by Crippen LogP contribution is 2.40. The molecular formula is C38H24O3. The van der Waals surface area contributed by atoms with Crippen LogP contribution < -0.4 is 0 Å². The molecule has 9 aromatic rings. The summed E-state index contributed by atoms with van der Waals surface area (Å²) >= 11 is 0. The van der Waals surface area contributed by atoms with Crippen molar-refractivity contribution >= 4 is 65.8 Å². The van der Waals surface area contributed by atoms with Crippen LogP contribution in [-0.4, -0.2) is 0 Å². The maximum Gasteiger partial charge on any atom is 0.135 e. The molecule has 0 fully saturated rings. The van der Waals surface area contributed by atoms with Gasteiger partial charge in [0.25, 0.3) is 0 Å². The van der Waals surface area contributed by atoms with E-state index in [4.69, 9.17) is 13.3 Å². The minimum Gasteiger partial charge on any atom is -0.456 e. The second kappa shape index (κ2) is 8.12. The first-order valence-corrected chi connectivity index (χ1v) is 13.9. The number of hydrogen-bond donors (Lipinski definition) is 0. The first-order chi connectivity index (χ1) is 20.1. The van der Waals surface area contributed by atoms with Crippen molar-refractivity contribution in [2.45, 2.75) is 13.8 Å². The van der Waals surface area contributed by atoms with E-state index in [-0.39, 0.29) is 0 Å². The average molecular weight is 529 g/mol. The van der Waals surface area contributed by atoms with E-state index in [9.17, 15) is 0 Å². The van der Waals surface area contributed by atoms with Gasteiger partial charge in [-0.25, -0.2) is 0 Å². The summed E-state index contributed by atoms with van der Waals surface area (Å²) in [6, 6.07) is 38.3. The molecule has 0 saturated carbocycles. The third-order valence-electron chi connectivity index (χ3n) is 8.54. The Labute approximate surface area is 235 Å². The molecule has 0 atom stereocenters.